The van der Waals surface area contributed by atoms with E-state index in [1.54, 1.807) is 6.20 Å². The van der Waals surface area contributed by atoms with Crippen LogP contribution < -0.4 is 11.1 Å². The number of aliphatic hydroxyl groups is 1. The second kappa shape index (κ2) is 12.1. The molecule has 0 aliphatic carbocycles. The molecule has 0 spiro atoms. The van der Waals surface area contributed by atoms with E-state index in [0.29, 0.717) is 6.42 Å². The lowest BCUT2D eigenvalue weighted by Gasteiger charge is -2.19. The summed E-state index contributed by atoms with van der Waals surface area (Å²) in [7, 11) is 0. The molecule has 0 aliphatic heterocycles. The Morgan fingerprint density at radius 3 is 2.39 bits per heavy atom. The average Bonchev–Trinajstić information content (AvgIpc) is 3.27. The van der Waals surface area contributed by atoms with Gasteiger partial charge in [-0.15, -0.1) is 0 Å². The molecule has 4 N–H and O–H groups in total. The molecule has 3 rings (SSSR count). The van der Waals surface area contributed by atoms with Crippen molar-refractivity contribution in [3.63, 3.8) is 0 Å². The molecule has 2 heterocycles. The number of aromatic nitrogens is 3. The second-order valence-electron chi connectivity index (χ2n) is 10.2. The number of amides is 2. The number of carbonyl (C=O) groups excluding carboxylic acids is 2. The van der Waals surface area contributed by atoms with Gasteiger partial charge in [0.25, 0.3) is 0 Å². The van der Waals surface area contributed by atoms with Crippen molar-refractivity contribution in [2.75, 3.05) is 0 Å². The number of unbranched alkanes of at least 4 members (excludes halogenated alkanes) is 2. The molecule has 3 aromatic rings. The Balaban J connectivity index is 1.64. The first-order valence-electron chi connectivity index (χ1n) is 12.4. The van der Waals surface area contributed by atoms with Crippen LogP contribution in [0.5, 0.6) is 0 Å². The minimum Gasteiger partial charge on any atom is -0.391 e. The van der Waals surface area contributed by atoms with E-state index >= 15 is 0 Å². The predicted molar refractivity (Wildman–Crippen MR) is 140 cm³/mol. The Labute approximate surface area is 212 Å². The summed E-state index contributed by atoms with van der Waals surface area (Å²) in [5, 5.41) is 16.5. The van der Waals surface area contributed by atoms with Crippen molar-refractivity contribution in [2.45, 2.75) is 77.4 Å². The van der Waals surface area contributed by atoms with Gasteiger partial charge >= 0.3 is 0 Å². The maximum atomic E-state index is 12.0. The van der Waals surface area contributed by atoms with Crippen molar-refractivity contribution in [1.29, 1.82) is 0 Å². The van der Waals surface area contributed by atoms with Crippen LogP contribution in [0.25, 0.3) is 17.1 Å². The zero-order chi connectivity index (χ0) is 26.3. The smallest absolute Gasteiger partial charge is 0.246 e. The molecule has 0 bridgehead atoms. The summed E-state index contributed by atoms with van der Waals surface area (Å²) in [6.07, 6.45) is 4.09. The minimum atomic E-state index is -1.11. The summed E-state index contributed by atoms with van der Waals surface area (Å²) in [6, 6.07) is 15.2. The topological polar surface area (TPSA) is 123 Å². The van der Waals surface area contributed by atoms with Crippen molar-refractivity contribution in [2.24, 2.45) is 5.73 Å². The van der Waals surface area contributed by atoms with E-state index in [1.807, 2.05) is 22.9 Å². The third-order valence-corrected chi connectivity index (χ3v) is 6.11. The molecule has 1 aromatic carbocycles. The van der Waals surface area contributed by atoms with Crippen LogP contribution in [0.3, 0.4) is 0 Å². The summed E-state index contributed by atoms with van der Waals surface area (Å²) >= 11 is 0. The Morgan fingerprint density at radius 1 is 1.06 bits per heavy atom. The SMILES string of the molecule is C[C@@H](O)[C@H](N)C(=O)NC(=O)CCCCCc1cc(-c2ccccn2)nn1-c1ccc(C(C)(C)C)cc1. The highest BCUT2D eigenvalue weighted by molar-refractivity contribution is 5.97. The fourth-order valence-corrected chi connectivity index (χ4v) is 3.83. The van der Waals surface area contributed by atoms with Crippen LogP contribution in [-0.2, 0) is 21.4 Å². The number of nitrogens with two attached hydrogens (primary N) is 1. The van der Waals surface area contributed by atoms with Crippen LogP contribution in [0.1, 0.15) is 64.6 Å². The number of carbonyl (C=O) groups is 2. The maximum Gasteiger partial charge on any atom is 0.246 e. The summed E-state index contributed by atoms with van der Waals surface area (Å²) in [5.74, 6) is -1.03. The molecule has 0 radical (unpaired) electrons. The number of imide groups is 1. The monoisotopic (exact) mass is 491 g/mol. The molecule has 0 aliphatic rings. The van der Waals surface area contributed by atoms with Gasteiger partial charge in [-0.1, -0.05) is 45.4 Å². The normalized spacial score (nSPS) is 13.3. The Hall–Kier alpha value is -3.36. The third kappa shape index (κ3) is 7.32. The van der Waals surface area contributed by atoms with E-state index in [-0.39, 0.29) is 17.7 Å². The first-order valence-corrected chi connectivity index (χ1v) is 12.4. The standard InChI is InChI=1S/C28H37N5O3/c1-19(34)26(29)27(36)31-25(35)12-7-5-6-10-22-18-24(23-11-8-9-17-30-23)32-33(22)21-15-13-20(14-16-21)28(2,3)4/h8-9,11,13-19,26,34H,5-7,10,12,29H2,1-4H3,(H,31,35,36)/t19-,26+/m1/s1. The number of hydrogen-bond acceptors (Lipinski definition) is 6. The molecule has 0 saturated carbocycles. The van der Waals surface area contributed by atoms with Gasteiger partial charge in [0.1, 0.15) is 11.7 Å². The van der Waals surface area contributed by atoms with E-state index in [2.05, 4.69) is 61.4 Å². The van der Waals surface area contributed by atoms with Gasteiger partial charge in [0.15, 0.2) is 0 Å². The number of hydrogen-bond donors (Lipinski definition) is 3. The Morgan fingerprint density at radius 2 is 1.78 bits per heavy atom. The first kappa shape index (κ1) is 27.2. The number of nitrogens with one attached hydrogen (secondary N) is 1. The Bertz CT molecular complexity index is 1150. The quantitative estimate of drug-likeness (QED) is 0.372. The highest BCUT2D eigenvalue weighted by Gasteiger charge is 2.20. The Kier molecular flexibility index (Phi) is 9.12. The van der Waals surface area contributed by atoms with Gasteiger partial charge in [-0.05, 0) is 67.5 Å². The summed E-state index contributed by atoms with van der Waals surface area (Å²) in [5.41, 5.74) is 10.6. The van der Waals surface area contributed by atoms with Crippen LogP contribution in [0, 0.1) is 0 Å². The number of benzene rings is 1. The van der Waals surface area contributed by atoms with Crippen molar-refractivity contribution >= 4 is 11.8 Å². The molecule has 36 heavy (non-hydrogen) atoms. The predicted octanol–water partition coefficient (Wildman–Crippen LogP) is 3.69. The molecule has 2 aromatic heterocycles. The number of aliphatic hydroxyl groups excluding tert-OH is 1. The molecule has 8 nitrogen and oxygen atoms in total. The van der Waals surface area contributed by atoms with Crippen LogP contribution in [0.15, 0.2) is 54.7 Å². The lowest BCUT2D eigenvalue weighted by atomic mass is 9.87. The maximum absolute atomic E-state index is 12.0. The zero-order valence-electron chi connectivity index (χ0n) is 21.6. The second-order valence-corrected chi connectivity index (χ2v) is 10.2. The van der Waals surface area contributed by atoms with Crippen LogP contribution in [-0.4, -0.2) is 43.8 Å². The van der Waals surface area contributed by atoms with Gasteiger partial charge in [-0.2, -0.15) is 5.10 Å². The molecule has 8 heteroatoms. The molecule has 0 fully saturated rings. The van der Waals surface area contributed by atoms with Gasteiger partial charge in [0.05, 0.1) is 17.5 Å². The molecule has 2 amide bonds. The lowest BCUT2D eigenvalue weighted by molar-refractivity contribution is -0.132. The van der Waals surface area contributed by atoms with E-state index in [1.165, 1.54) is 12.5 Å². The molecular weight excluding hydrogens is 454 g/mol. The number of aryl methyl sites for hydroxylation is 1. The van der Waals surface area contributed by atoms with Gasteiger partial charge in [0, 0.05) is 18.3 Å². The first-order chi connectivity index (χ1) is 17.1. The van der Waals surface area contributed by atoms with Gasteiger partial charge in [-0.3, -0.25) is 19.9 Å². The zero-order valence-corrected chi connectivity index (χ0v) is 21.6. The van der Waals surface area contributed by atoms with Crippen LogP contribution in [0.4, 0.5) is 0 Å². The van der Waals surface area contributed by atoms with Crippen molar-refractivity contribution in [3.8, 4) is 17.1 Å². The van der Waals surface area contributed by atoms with E-state index in [0.717, 1.165) is 42.0 Å². The van der Waals surface area contributed by atoms with Gasteiger partial charge in [0.2, 0.25) is 11.8 Å². The number of rotatable bonds is 10. The summed E-state index contributed by atoms with van der Waals surface area (Å²) in [6.45, 7) is 7.99. The molecule has 2 atom stereocenters. The van der Waals surface area contributed by atoms with E-state index in [4.69, 9.17) is 10.8 Å². The van der Waals surface area contributed by atoms with E-state index in [9.17, 15) is 14.7 Å². The molecular formula is C28H37N5O3. The average molecular weight is 492 g/mol. The minimum absolute atomic E-state index is 0.0723. The van der Waals surface area contributed by atoms with Gasteiger partial charge < -0.3 is 10.8 Å². The lowest BCUT2D eigenvalue weighted by Crippen LogP contribution is -2.48. The van der Waals surface area contributed by atoms with E-state index < -0.39 is 18.1 Å². The number of nitrogens with zero attached hydrogens (tertiary/aromatic N) is 3. The summed E-state index contributed by atoms with van der Waals surface area (Å²) < 4.78 is 1.97. The fourth-order valence-electron chi connectivity index (χ4n) is 3.83. The van der Waals surface area contributed by atoms with Crippen LogP contribution >= 0.6 is 0 Å². The summed E-state index contributed by atoms with van der Waals surface area (Å²) in [4.78, 5) is 28.3. The van der Waals surface area contributed by atoms with Crippen molar-refractivity contribution in [3.05, 3.63) is 66.0 Å². The highest BCUT2D eigenvalue weighted by atomic mass is 16.3. The third-order valence-electron chi connectivity index (χ3n) is 6.11. The van der Waals surface area contributed by atoms with Gasteiger partial charge in [-0.25, -0.2) is 4.68 Å². The number of pyridine rings is 1. The molecule has 0 saturated heterocycles. The largest absolute Gasteiger partial charge is 0.391 e. The molecule has 192 valence electrons. The highest BCUT2D eigenvalue weighted by Crippen LogP contribution is 2.25. The van der Waals surface area contributed by atoms with Crippen LogP contribution in [0.2, 0.25) is 0 Å². The molecule has 0 unspecified atom stereocenters. The fraction of sp³-hybridized carbons (Fsp3) is 0.429. The van der Waals surface area contributed by atoms with Crippen molar-refractivity contribution < 1.29 is 14.7 Å². The van der Waals surface area contributed by atoms with Crippen molar-refractivity contribution in [1.82, 2.24) is 20.1 Å².